The van der Waals surface area contributed by atoms with Gasteiger partial charge in [-0.2, -0.15) is 13.1 Å². The summed E-state index contributed by atoms with van der Waals surface area (Å²) in [5.74, 6) is -0.596. The fraction of sp³-hybridized carbons (Fsp3) is 0.125. The average Bonchev–Trinajstić information content (AvgIpc) is 2.14. The molecule has 88 valence electrons. The number of benzene rings is 1. The topological polar surface area (TPSA) is 98.2 Å². The molecule has 0 aliphatic rings. The molecule has 5 N–H and O–H groups in total. The van der Waals surface area contributed by atoms with Crippen molar-refractivity contribution < 1.29 is 12.8 Å². The molecule has 0 amide bonds. The monoisotopic (exact) mass is 263 g/mol. The molecule has 0 heterocycles. The maximum absolute atomic E-state index is 13.4. The van der Waals surface area contributed by atoms with Crippen LogP contribution in [0, 0.1) is 5.82 Å². The molecule has 16 heavy (non-hydrogen) atoms. The first kappa shape index (κ1) is 13.0. The van der Waals surface area contributed by atoms with Crippen LogP contribution in [0.4, 0.5) is 4.39 Å². The van der Waals surface area contributed by atoms with E-state index in [9.17, 15) is 12.8 Å². The molecule has 0 fully saturated rings. The number of thiocarbonyl (C=S) groups is 1. The van der Waals surface area contributed by atoms with Crippen molar-refractivity contribution in [2.24, 2.45) is 10.9 Å². The van der Waals surface area contributed by atoms with Gasteiger partial charge in [-0.1, -0.05) is 24.4 Å². The summed E-state index contributed by atoms with van der Waals surface area (Å²) < 4.78 is 36.6. The Balaban J connectivity index is 2.88. The van der Waals surface area contributed by atoms with E-state index in [1.165, 1.54) is 12.1 Å². The third-order valence-electron chi connectivity index (χ3n) is 1.80. The van der Waals surface area contributed by atoms with E-state index in [1.807, 2.05) is 4.72 Å². The molecule has 0 aromatic heterocycles. The lowest BCUT2D eigenvalue weighted by Gasteiger charge is -2.05. The first-order valence-corrected chi connectivity index (χ1v) is 6.10. The SMILES string of the molecule is NC(=S)c1ccc(CNS(N)(=O)=O)c(F)c1. The molecule has 1 aromatic carbocycles. The summed E-state index contributed by atoms with van der Waals surface area (Å²) in [5.41, 5.74) is 5.85. The molecule has 0 bridgehead atoms. The smallest absolute Gasteiger partial charge is 0.274 e. The van der Waals surface area contributed by atoms with Gasteiger partial charge >= 0.3 is 0 Å². The highest BCUT2D eigenvalue weighted by molar-refractivity contribution is 7.87. The molecule has 0 aliphatic heterocycles. The zero-order chi connectivity index (χ0) is 12.3. The first-order chi connectivity index (χ1) is 7.29. The molecule has 8 heteroatoms. The van der Waals surface area contributed by atoms with Crippen LogP contribution in [0.15, 0.2) is 18.2 Å². The van der Waals surface area contributed by atoms with E-state index in [-0.39, 0.29) is 17.1 Å². The van der Waals surface area contributed by atoms with Crippen molar-refractivity contribution in [2.75, 3.05) is 0 Å². The molecule has 5 nitrogen and oxygen atoms in total. The van der Waals surface area contributed by atoms with Gasteiger partial charge in [0.25, 0.3) is 10.2 Å². The first-order valence-electron chi connectivity index (χ1n) is 4.15. The lowest BCUT2D eigenvalue weighted by Crippen LogP contribution is -2.30. The number of halogens is 1. The molecule has 0 spiro atoms. The normalized spacial score (nSPS) is 11.4. The van der Waals surface area contributed by atoms with Gasteiger partial charge in [0.15, 0.2) is 0 Å². The van der Waals surface area contributed by atoms with Gasteiger partial charge in [-0.3, -0.25) is 0 Å². The van der Waals surface area contributed by atoms with Crippen molar-refractivity contribution >= 4 is 27.4 Å². The Morgan fingerprint density at radius 3 is 2.56 bits per heavy atom. The van der Waals surface area contributed by atoms with Crippen molar-refractivity contribution in [3.63, 3.8) is 0 Å². The third-order valence-corrected chi connectivity index (χ3v) is 2.58. The summed E-state index contributed by atoms with van der Waals surface area (Å²) in [6, 6.07) is 4.04. The summed E-state index contributed by atoms with van der Waals surface area (Å²) in [7, 11) is -3.83. The van der Waals surface area contributed by atoms with E-state index >= 15 is 0 Å². The highest BCUT2D eigenvalue weighted by Gasteiger charge is 2.07. The fourth-order valence-electron chi connectivity index (χ4n) is 1.02. The molecular weight excluding hydrogens is 253 g/mol. The number of rotatable bonds is 4. The van der Waals surface area contributed by atoms with E-state index < -0.39 is 16.0 Å². The van der Waals surface area contributed by atoms with E-state index in [4.69, 9.17) is 10.9 Å². The van der Waals surface area contributed by atoms with Gasteiger partial charge in [0, 0.05) is 17.7 Å². The molecule has 0 radical (unpaired) electrons. The maximum Gasteiger partial charge on any atom is 0.274 e. The Morgan fingerprint density at radius 1 is 1.50 bits per heavy atom. The number of nitrogens with two attached hydrogens (primary N) is 2. The summed E-state index contributed by atoms with van der Waals surface area (Å²) in [4.78, 5) is 0.0739. The van der Waals surface area contributed by atoms with Gasteiger partial charge in [-0.05, 0) is 6.07 Å². The lowest BCUT2D eigenvalue weighted by molar-refractivity contribution is 0.576. The number of nitrogens with one attached hydrogen (secondary N) is 1. The fourth-order valence-corrected chi connectivity index (χ4v) is 1.51. The van der Waals surface area contributed by atoms with Crippen LogP contribution in [0.3, 0.4) is 0 Å². The molecule has 0 atom stereocenters. The highest BCUT2D eigenvalue weighted by atomic mass is 32.2. The molecule has 0 unspecified atom stereocenters. The molecule has 0 saturated heterocycles. The van der Waals surface area contributed by atoms with Crippen LogP contribution in [0.1, 0.15) is 11.1 Å². The number of hydrogen-bond acceptors (Lipinski definition) is 3. The minimum absolute atomic E-state index is 0.0739. The summed E-state index contributed by atoms with van der Waals surface area (Å²) in [6.45, 7) is -0.220. The van der Waals surface area contributed by atoms with Gasteiger partial charge in [0.1, 0.15) is 10.8 Å². The molecule has 0 saturated carbocycles. The lowest BCUT2D eigenvalue weighted by atomic mass is 10.1. The Labute approximate surface area is 97.8 Å². The summed E-state index contributed by atoms with van der Waals surface area (Å²) in [5, 5.41) is 4.71. The predicted molar refractivity (Wildman–Crippen MR) is 62.2 cm³/mol. The van der Waals surface area contributed by atoms with Gasteiger partial charge in [0.2, 0.25) is 0 Å². The minimum Gasteiger partial charge on any atom is -0.389 e. The predicted octanol–water partition coefficient (Wildman–Crippen LogP) is -0.247. The molecule has 1 aromatic rings. The Hall–Kier alpha value is -1.09. The van der Waals surface area contributed by atoms with Gasteiger partial charge in [0.05, 0.1) is 0 Å². The van der Waals surface area contributed by atoms with Crippen molar-refractivity contribution in [3.8, 4) is 0 Å². The Kier molecular flexibility index (Phi) is 3.92. The van der Waals surface area contributed by atoms with Crippen LogP contribution in [0.5, 0.6) is 0 Å². The minimum atomic E-state index is -3.83. The maximum atomic E-state index is 13.4. The van der Waals surface area contributed by atoms with Crippen LogP contribution in [-0.4, -0.2) is 13.4 Å². The largest absolute Gasteiger partial charge is 0.389 e. The molecule has 0 aliphatic carbocycles. The van der Waals surface area contributed by atoms with E-state index in [2.05, 4.69) is 12.2 Å². The second-order valence-electron chi connectivity index (χ2n) is 3.04. The molecular formula is C8H10FN3O2S2. The van der Waals surface area contributed by atoms with Crippen LogP contribution in [0.25, 0.3) is 0 Å². The third kappa shape index (κ3) is 3.81. The zero-order valence-electron chi connectivity index (χ0n) is 8.10. The standard InChI is InChI=1S/C8H10FN3O2S2/c9-7-3-5(8(10)15)1-2-6(7)4-12-16(11,13)14/h1-3,12H,4H2,(H2,10,15)(H2,11,13,14). The van der Waals surface area contributed by atoms with Crippen molar-refractivity contribution in [2.45, 2.75) is 6.54 Å². The summed E-state index contributed by atoms with van der Waals surface area (Å²) >= 11 is 4.67. The van der Waals surface area contributed by atoms with E-state index in [0.717, 1.165) is 6.07 Å². The second-order valence-corrected chi connectivity index (χ2v) is 4.86. The van der Waals surface area contributed by atoms with Gasteiger partial charge in [-0.15, -0.1) is 0 Å². The van der Waals surface area contributed by atoms with Crippen LogP contribution >= 0.6 is 12.2 Å². The summed E-state index contributed by atoms with van der Waals surface area (Å²) in [6.07, 6.45) is 0. The van der Waals surface area contributed by atoms with Crippen molar-refractivity contribution in [1.82, 2.24) is 4.72 Å². The van der Waals surface area contributed by atoms with Gasteiger partial charge < -0.3 is 5.73 Å². The van der Waals surface area contributed by atoms with E-state index in [1.54, 1.807) is 0 Å². The van der Waals surface area contributed by atoms with Crippen LogP contribution < -0.4 is 15.6 Å². The Bertz CT molecular complexity index is 516. The van der Waals surface area contributed by atoms with Crippen molar-refractivity contribution in [3.05, 3.63) is 35.1 Å². The quantitative estimate of drug-likeness (QED) is 0.653. The zero-order valence-corrected chi connectivity index (χ0v) is 9.74. The molecule has 1 rings (SSSR count). The second kappa shape index (κ2) is 4.83. The number of hydrogen-bond donors (Lipinski definition) is 3. The Morgan fingerprint density at radius 2 is 2.12 bits per heavy atom. The average molecular weight is 263 g/mol. The van der Waals surface area contributed by atoms with Gasteiger partial charge in [-0.25, -0.2) is 9.53 Å². The van der Waals surface area contributed by atoms with E-state index in [0.29, 0.717) is 5.56 Å². The van der Waals surface area contributed by atoms with Crippen molar-refractivity contribution in [1.29, 1.82) is 0 Å². The van der Waals surface area contributed by atoms with Crippen LogP contribution in [-0.2, 0) is 16.8 Å². The highest BCUT2D eigenvalue weighted by Crippen LogP contribution is 2.10. The van der Waals surface area contributed by atoms with Crippen LogP contribution in [0.2, 0.25) is 0 Å².